The molecule has 2 heterocycles. The number of carbonyl (C=O) groups is 2. The second kappa shape index (κ2) is 6.89. The van der Waals surface area contributed by atoms with E-state index < -0.39 is 6.04 Å². The molecule has 1 fully saturated rings. The van der Waals surface area contributed by atoms with Gasteiger partial charge in [0.25, 0.3) is 5.91 Å². The number of para-hydroxylation sites is 1. The summed E-state index contributed by atoms with van der Waals surface area (Å²) in [6.07, 6.45) is 1.25. The zero-order valence-corrected chi connectivity index (χ0v) is 13.4. The molecule has 3 rings (SSSR count). The van der Waals surface area contributed by atoms with Gasteiger partial charge in [0.05, 0.1) is 5.01 Å². The van der Waals surface area contributed by atoms with Gasteiger partial charge in [-0.05, 0) is 25.1 Å². The molecule has 1 unspecified atom stereocenters. The number of nitrogens with zero attached hydrogens (tertiary/aromatic N) is 2. The molecule has 120 valence electrons. The summed E-state index contributed by atoms with van der Waals surface area (Å²) in [5.74, 6) is -0.389. The topological polar surface area (TPSA) is 88.3 Å². The number of rotatable bonds is 5. The summed E-state index contributed by atoms with van der Waals surface area (Å²) in [6.45, 7) is 1.10. The zero-order chi connectivity index (χ0) is 16.2. The highest BCUT2D eigenvalue weighted by molar-refractivity contribution is 7.09. The summed E-state index contributed by atoms with van der Waals surface area (Å²) in [6, 6.07) is 8.97. The highest BCUT2D eigenvalue weighted by Gasteiger charge is 2.33. The van der Waals surface area contributed by atoms with Crippen molar-refractivity contribution >= 4 is 28.8 Å². The number of amides is 2. The first-order valence-corrected chi connectivity index (χ1v) is 8.39. The van der Waals surface area contributed by atoms with Crippen molar-refractivity contribution in [3.8, 4) is 0 Å². The van der Waals surface area contributed by atoms with Gasteiger partial charge >= 0.3 is 0 Å². The van der Waals surface area contributed by atoms with E-state index in [0.717, 1.165) is 10.7 Å². The molecule has 2 aromatic rings. The molecule has 7 heteroatoms. The van der Waals surface area contributed by atoms with Gasteiger partial charge in [0.15, 0.2) is 0 Å². The molecule has 1 saturated heterocycles. The van der Waals surface area contributed by atoms with Crippen molar-refractivity contribution in [1.29, 1.82) is 0 Å². The highest BCUT2D eigenvalue weighted by atomic mass is 32.1. The van der Waals surface area contributed by atoms with E-state index in [0.29, 0.717) is 31.6 Å². The van der Waals surface area contributed by atoms with Gasteiger partial charge < -0.3 is 16.0 Å². The number of carbonyl (C=O) groups excluding carboxylic acids is 2. The Balaban J connectivity index is 1.64. The third-order valence-electron chi connectivity index (χ3n) is 3.72. The van der Waals surface area contributed by atoms with Crippen LogP contribution >= 0.6 is 11.3 Å². The Morgan fingerprint density at radius 1 is 1.39 bits per heavy atom. The zero-order valence-electron chi connectivity index (χ0n) is 12.6. The largest absolute Gasteiger partial charge is 0.339 e. The van der Waals surface area contributed by atoms with Crippen LogP contribution in [-0.2, 0) is 11.2 Å². The maximum atomic E-state index is 12.5. The third kappa shape index (κ3) is 3.40. The Kier molecular flexibility index (Phi) is 4.68. The number of aromatic nitrogens is 1. The molecule has 1 aliphatic heterocycles. The fraction of sp³-hybridized carbons (Fsp3) is 0.312. The van der Waals surface area contributed by atoms with Crippen molar-refractivity contribution in [2.75, 3.05) is 18.0 Å². The summed E-state index contributed by atoms with van der Waals surface area (Å²) in [5, 5.41) is 5.32. The van der Waals surface area contributed by atoms with E-state index in [1.54, 1.807) is 10.3 Å². The van der Waals surface area contributed by atoms with Gasteiger partial charge in [0.1, 0.15) is 11.7 Å². The van der Waals surface area contributed by atoms with Gasteiger partial charge in [-0.2, -0.15) is 0 Å². The number of hydrogen-bond acceptors (Lipinski definition) is 5. The van der Waals surface area contributed by atoms with Crippen LogP contribution in [0.3, 0.4) is 0 Å². The molecule has 1 aromatic carbocycles. The number of anilines is 1. The number of thiazole rings is 1. The van der Waals surface area contributed by atoms with Crippen LogP contribution in [0, 0.1) is 0 Å². The molecule has 1 aromatic heterocycles. The SMILES string of the molecule is NCCc1nc(C(=O)NC2CCN(c3ccccc3)C2=O)cs1. The smallest absolute Gasteiger partial charge is 0.271 e. The lowest BCUT2D eigenvalue weighted by Gasteiger charge is -2.16. The summed E-state index contributed by atoms with van der Waals surface area (Å²) < 4.78 is 0. The number of hydrogen-bond donors (Lipinski definition) is 2. The van der Waals surface area contributed by atoms with Crippen molar-refractivity contribution in [2.24, 2.45) is 5.73 Å². The average Bonchev–Trinajstić information content (AvgIpc) is 3.17. The van der Waals surface area contributed by atoms with E-state index in [1.807, 2.05) is 30.3 Å². The highest BCUT2D eigenvalue weighted by Crippen LogP contribution is 2.21. The normalized spacial score (nSPS) is 17.5. The lowest BCUT2D eigenvalue weighted by atomic mass is 10.2. The molecule has 2 amide bonds. The fourth-order valence-electron chi connectivity index (χ4n) is 2.56. The van der Waals surface area contributed by atoms with Crippen molar-refractivity contribution in [3.05, 3.63) is 46.4 Å². The molecule has 0 saturated carbocycles. The Morgan fingerprint density at radius 3 is 2.91 bits per heavy atom. The Hall–Kier alpha value is -2.25. The molecule has 0 radical (unpaired) electrons. The van der Waals surface area contributed by atoms with Crippen LogP contribution in [0.5, 0.6) is 0 Å². The van der Waals surface area contributed by atoms with E-state index in [4.69, 9.17) is 5.73 Å². The molecule has 23 heavy (non-hydrogen) atoms. The van der Waals surface area contributed by atoms with Gasteiger partial charge in [-0.25, -0.2) is 4.98 Å². The predicted molar refractivity (Wildman–Crippen MR) is 89.5 cm³/mol. The number of benzene rings is 1. The molecule has 1 aliphatic rings. The van der Waals surface area contributed by atoms with Crippen molar-refractivity contribution < 1.29 is 9.59 Å². The average molecular weight is 330 g/mol. The first-order valence-electron chi connectivity index (χ1n) is 7.51. The van der Waals surface area contributed by atoms with Crippen LogP contribution < -0.4 is 16.0 Å². The molecule has 0 spiro atoms. The van der Waals surface area contributed by atoms with Gasteiger partial charge in [0, 0.05) is 24.0 Å². The van der Waals surface area contributed by atoms with E-state index >= 15 is 0 Å². The lowest BCUT2D eigenvalue weighted by Crippen LogP contribution is -2.41. The number of nitrogens with two attached hydrogens (primary N) is 1. The van der Waals surface area contributed by atoms with Gasteiger partial charge in [0.2, 0.25) is 5.91 Å². The van der Waals surface area contributed by atoms with Gasteiger partial charge in [-0.3, -0.25) is 9.59 Å². The molecule has 0 aliphatic carbocycles. The predicted octanol–water partition coefficient (Wildman–Crippen LogP) is 1.18. The van der Waals surface area contributed by atoms with Gasteiger partial charge in [-0.15, -0.1) is 11.3 Å². The van der Waals surface area contributed by atoms with Crippen LogP contribution in [0.15, 0.2) is 35.7 Å². The van der Waals surface area contributed by atoms with Crippen LogP contribution in [0.1, 0.15) is 21.9 Å². The molecular weight excluding hydrogens is 312 g/mol. The second-order valence-electron chi connectivity index (χ2n) is 5.31. The minimum absolute atomic E-state index is 0.0815. The number of nitrogens with one attached hydrogen (secondary N) is 1. The molecule has 1 atom stereocenters. The van der Waals surface area contributed by atoms with Crippen LogP contribution in [-0.4, -0.2) is 35.9 Å². The lowest BCUT2D eigenvalue weighted by molar-refractivity contribution is -0.118. The summed E-state index contributed by atoms with van der Waals surface area (Å²) in [7, 11) is 0. The minimum atomic E-state index is -0.498. The van der Waals surface area contributed by atoms with E-state index in [1.165, 1.54) is 11.3 Å². The van der Waals surface area contributed by atoms with Crippen LogP contribution in [0.2, 0.25) is 0 Å². The fourth-order valence-corrected chi connectivity index (χ4v) is 3.36. The minimum Gasteiger partial charge on any atom is -0.339 e. The quantitative estimate of drug-likeness (QED) is 0.861. The van der Waals surface area contributed by atoms with Gasteiger partial charge in [-0.1, -0.05) is 18.2 Å². The monoisotopic (exact) mass is 330 g/mol. The van der Waals surface area contributed by atoms with Crippen molar-refractivity contribution in [1.82, 2.24) is 10.3 Å². The van der Waals surface area contributed by atoms with E-state index in [-0.39, 0.29) is 11.8 Å². The Bertz CT molecular complexity index is 701. The van der Waals surface area contributed by atoms with Crippen LogP contribution in [0.25, 0.3) is 0 Å². The maximum absolute atomic E-state index is 12.5. The first-order chi connectivity index (χ1) is 11.2. The molecule has 3 N–H and O–H groups in total. The first kappa shape index (κ1) is 15.6. The third-order valence-corrected chi connectivity index (χ3v) is 4.63. The second-order valence-corrected chi connectivity index (χ2v) is 6.25. The van der Waals surface area contributed by atoms with Crippen molar-refractivity contribution in [3.63, 3.8) is 0 Å². The van der Waals surface area contributed by atoms with Crippen molar-refractivity contribution in [2.45, 2.75) is 18.9 Å². The van der Waals surface area contributed by atoms with E-state index in [2.05, 4.69) is 10.3 Å². The Morgan fingerprint density at radius 2 is 2.17 bits per heavy atom. The van der Waals surface area contributed by atoms with Crippen LogP contribution in [0.4, 0.5) is 5.69 Å². The Labute approximate surface area is 138 Å². The molecule has 0 bridgehead atoms. The molecular formula is C16H18N4O2S. The molecule has 6 nitrogen and oxygen atoms in total. The maximum Gasteiger partial charge on any atom is 0.271 e. The standard InChI is InChI=1S/C16H18N4O2S/c17-8-6-14-18-13(10-23-14)15(21)19-12-7-9-20(16(12)22)11-4-2-1-3-5-11/h1-5,10,12H,6-9,17H2,(H,19,21). The summed E-state index contributed by atoms with van der Waals surface area (Å²) in [5.41, 5.74) is 6.69. The van der Waals surface area contributed by atoms with E-state index in [9.17, 15) is 9.59 Å². The summed E-state index contributed by atoms with van der Waals surface area (Å²) >= 11 is 1.41. The summed E-state index contributed by atoms with van der Waals surface area (Å²) in [4.78, 5) is 30.6.